The van der Waals surface area contributed by atoms with E-state index in [1.807, 2.05) is 0 Å². The van der Waals surface area contributed by atoms with Crippen molar-refractivity contribution in [3.05, 3.63) is 57.0 Å². The Morgan fingerprint density at radius 3 is 2.52 bits per heavy atom. The normalized spacial score (nSPS) is 11.2. The van der Waals surface area contributed by atoms with Gasteiger partial charge in [-0.2, -0.15) is 13.2 Å². The highest BCUT2D eigenvalue weighted by Gasteiger charge is 2.30. The van der Waals surface area contributed by atoms with Crippen molar-refractivity contribution < 1.29 is 27.5 Å². The van der Waals surface area contributed by atoms with Gasteiger partial charge in [0.25, 0.3) is 11.8 Å². The van der Waals surface area contributed by atoms with E-state index >= 15 is 0 Å². The van der Waals surface area contributed by atoms with Crippen molar-refractivity contribution in [2.45, 2.75) is 6.18 Å². The number of aromatic nitrogens is 4. The summed E-state index contributed by atoms with van der Waals surface area (Å²) in [5.74, 6) is -2.21. The highest BCUT2D eigenvalue weighted by molar-refractivity contribution is 6.37. The minimum Gasteiger partial charge on any atom is -0.467 e. The molecule has 33 heavy (non-hydrogen) atoms. The number of carbonyl (C=O) groups is 2. The van der Waals surface area contributed by atoms with Gasteiger partial charge in [-0.25, -0.2) is 14.6 Å². The van der Waals surface area contributed by atoms with Gasteiger partial charge < -0.3 is 15.4 Å². The fraction of sp³-hybridized carbons (Fsp3) is 0.167. The number of carbonyl (C=O) groups excluding carboxylic acids is 2. The van der Waals surface area contributed by atoms with Gasteiger partial charge in [-0.1, -0.05) is 34.8 Å². The van der Waals surface area contributed by atoms with Crippen molar-refractivity contribution in [3.63, 3.8) is 0 Å². The molecule has 0 saturated heterocycles. The van der Waals surface area contributed by atoms with Gasteiger partial charge in [0.05, 0.1) is 15.7 Å². The molecule has 15 heteroatoms. The first-order valence-corrected chi connectivity index (χ1v) is 9.93. The molecular formula is C18H12Cl3F3N6O3. The van der Waals surface area contributed by atoms with E-state index in [4.69, 9.17) is 34.8 Å². The first-order valence-electron chi connectivity index (χ1n) is 8.80. The lowest BCUT2D eigenvalue weighted by molar-refractivity contribution is -0.154. The van der Waals surface area contributed by atoms with E-state index in [0.717, 1.165) is 10.7 Å². The lowest BCUT2D eigenvalue weighted by Gasteiger charge is -2.12. The minimum absolute atomic E-state index is 0.0502. The molecule has 0 aromatic carbocycles. The molecular weight excluding hydrogens is 512 g/mol. The molecule has 0 atom stereocenters. The molecule has 3 rings (SSSR count). The van der Waals surface area contributed by atoms with E-state index in [-0.39, 0.29) is 38.1 Å². The zero-order chi connectivity index (χ0) is 24.3. The molecule has 174 valence electrons. The summed E-state index contributed by atoms with van der Waals surface area (Å²) in [5.41, 5.74) is -0.802. The second-order valence-corrected chi connectivity index (χ2v) is 7.38. The lowest BCUT2D eigenvalue weighted by atomic mass is 10.2. The number of hydrogen-bond donors (Lipinski definition) is 2. The second-order valence-electron chi connectivity index (χ2n) is 6.18. The smallest absolute Gasteiger partial charge is 0.422 e. The Bertz CT molecular complexity index is 1220. The minimum atomic E-state index is -4.64. The van der Waals surface area contributed by atoms with Crippen LogP contribution in [-0.2, 0) is 0 Å². The van der Waals surface area contributed by atoms with Crippen molar-refractivity contribution in [2.75, 3.05) is 19.0 Å². The van der Waals surface area contributed by atoms with Crippen LogP contribution in [0.1, 0.15) is 21.0 Å². The summed E-state index contributed by atoms with van der Waals surface area (Å²) in [6.07, 6.45) is -3.30. The van der Waals surface area contributed by atoms with E-state index in [1.165, 1.54) is 31.4 Å². The fourth-order valence-corrected chi connectivity index (χ4v) is 3.20. The van der Waals surface area contributed by atoms with Crippen LogP contribution in [0.25, 0.3) is 5.82 Å². The zero-order valence-corrected chi connectivity index (χ0v) is 18.6. The molecule has 0 aliphatic rings. The highest BCUT2D eigenvalue weighted by Crippen LogP contribution is 2.30. The summed E-state index contributed by atoms with van der Waals surface area (Å²) in [6, 6.07) is 5.08. The predicted molar refractivity (Wildman–Crippen MR) is 114 cm³/mol. The van der Waals surface area contributed by atoms with E-state index in [0.29, 0.717) is 0 Å². The molecule has 9 nitrogen and oxygen atoms in total. The number of anilines is 1. The molecule has 3 aromatic rings. The van der Waals surface area contributed by atoms with Gasteiger partial charge in [0.1, 0.15) is 10.8 Å². The van der Waals surface area contributed by atoms with Crippen LogP contribution in [0, 0.1) is 0 Å². The molecule has 0 spiro atoms. The molecule has 2 amide bonds. The Morgan fingerprint density at radius 1 is 1.15 bits per heavy atom. The van der Waals surface area contributed by atoms with Gasteiger partial charge in [-0.05, 0) is 18.2 Å². The van der Waals surface area contributed by atoms with E-state index in [1.54, 1.807) is 0 Å². The Balaban J connectivity index is 2.05. The Morgan fingerprint density at radius 2 is 1.88 bits per heavy atom. The van der Waals surface area contributed by atoms with Crippen LogP contribution in [0.3, 0.4) is 0 Å². The van der Waals surface area contributed by atoms with E-state index in [9.17, 15) is 22.8 Å². The average molecular weight is 524 g/mol. The summed E-state index contributed by atoms with van der Waals surface area (Å²) in [6.45, 7) is -1.64. The third kappa shape index (κ3) is 5.83. The average Bonchev–Trinajstić information content (AvgIpc) is 3.17. The molecule has 0 saturated carbocycles. The van der Waals surface area contributed by atoms with E-state index < -0.39 is 30.5 Å². The summed E-state index contributed by atoms with van der Waals surface area (Å²) in [7, 11) is 1.33. The number of halogens is 6. The van der Waals surface area contributed by atoms with Crippen LogP contribution in [0.5, 0.6) is 5.88 Å². The van der Waals surface area contributed by atoms with Crippen LogP contribution in [0.15, 0.2) is 30.5 Å². The van der Waals surface area contributed by atoms with Crippen molar-refractivity contribution in [3.8, 4) is 11.7 Å². The van der Waals surface area contributed by atoms with Crippen molar-refractivity contribution in [1.29, 1.82) is 0 Å². The molecule has 0 radical (unpaired) electrons. The van der Waals surface area contributed by atoms with Gasteiger partial charge in [-0.15, -0.1) is 5.10 Å². The van der Waals surface area contributed by atoms with Crippen LogP contribution in [0.4, 0.5) is 18.9 Å². The number of rotatable bonds is 6. The highest BCUT2D eigenvalue weighted by atomic mass is 35.5. The number of nitrogens with one attached hydrogen (secondary N) is 2. The third-order valence-electron chi connectivity index (χ3n) is 3.86. The van der Waals surface area contributed by atoms with Crippen LogP contribution in [-0.4, -0.2) is 51.4 Å². The largest absolute Gasteiger partial charge is 0.467 e. The van der Waals surface area contributed by atoms with E-state index in [2.05, 4.69) is 30.4 Å². The Labute approximate surface area is 198 Å². The van der Waals surface area contributed by atoms with Gasteiger partial charge >= 0.3 is 6.18 Å². The van der Waals surface area contributed by atoms with Gasteiger partial charge in [0.15, 0.2) is 18.1 Å². The number of amides is 2. The SMILES string of the molecule is CNC(=O)c1nc(Cl)cc(Cl)c1NC(=O)c1cc(OCC(F)(F)F)nn1-c1ncccc1Cl. The van der Waals surface area contributed by atoms with Crippen LogP contribution in [0.2, 0.25) is 15.2 Å². The third-order valence-corrected chi connectivity index (χ3v) is 4.65. The quantitative estimate of drug-likeness (QED) is 0.469. The fourth-order valence-electron chi connectivity index (χ4n) is 2.51. The summed E-state index contributed by atoms with van der Waals surface area (Å²) in [5, 5.41) is 8.40. The first-order chi connectivity index (χ1) is 15.5. The topological polar surface area (TPSA) is 111 Å². The molecule has 0 aliphatic carbocycles. The molecule has 3 heterocycles. The predicted octanol–water partition coefficient (Wildman–Crippen LogP) is 4.18. The summed E-state index contributed by atoms with van der Waals surface area (Å²) >= 11 is 18.1. The summed E-state index contributed by atoms with van der Waals surface area (Å²) < 4.78 is 43.2. The molecule has 0 fully saturated rings. The second kappa shape index (κ2) is 9.81. The first kappa shape index (κ1) is 24.6. The maximum absolute atomic E-state index is 13.1. The number of alkyl halides is 3. The number of nitrogens with zero attached hydrogens (tertiary/aromatic N) is 4. The standard InChI is InChI=1S/C18H12Cl3F3N6O3/c1-25-17(32)14-13(9(20)5-11(21)27-14)28-16(31)10-6-12(33-7-18(22,23)24)29-30(10)15-8(19)3-2-4-26-15/h2-6H,7H2,1H3,(H,25,32)(H,28,31). The molecule has 0 aliphatic heterocycles. The van der Waals surface area contributed by atoms with Crippen molar-refractivity contribution in [1.82, 2.24) is 25.1 Å². The van der Waals surface area contributed by atoms with Crippen molar-refractivity contribution >= 4 is 52.3 Å². The number of hydrogen-bond acceptors (Lipinski definition) is 6. The van der Waals surface area contributed by atoms with Crippen molar-refractivity contribution in [2.24, 2.45) is 0 Å². The van der Waals surface area contributed by atoms with Gasteiger partial charge in [0, 0.05) is 19.3 Å². The van der Waals surface area contributed by atoms with Crippen LogP contribution < -0.4 is 15.4 Å². The Kier molecular flexibility index (Phi) is 7.30. The zero-order valence-electron chi connectivity index (χ0n) is 16.4. The summed E-state index contributed by atoms with van der Waals surface area (Å²) in [4.78, 5) is 33.1. The molecule has 2 N–H and O–H groups in total. The molecule has 0 unspecified atom stereocenters. The van der Waals surface area contributed by atoms with Gasteiger partial charge in [-0.3, -0.25) is 9.59 Å². The lowest BCUT2D eigenvalue weighted by Crippen LogP contribution is -2.24. The van der Waals surface area contributed by atoms with Crippen LogP contribution >= 0.6 is 34.8 Å². The maximum Gasteiger partial charge on any atom is 0.422 e. The molecule has 0 bridgehead atoms. The van der Waals surface area contributed by atoms with Gasteiger partial charge in [0.2, 0.25) is 5.88 Å². The monoisotopic (exact) mass is 522 g/mol. The maximum atomic E-state index is 13.1. The number of ether oxygens (including phenoxy) is 1. The number of pyridine rings is 2. The molecule has 3 aromatic heterocycles. The Hall–Kier alpha value is -3.09.